The van der Waals surface area contributed by atoms with E-state index in [1.807, 2.05) is 18.2 Å². The number of aromatic nitrogens is 1. The van der Waals surface area contributed by atoms with Crippen LogP contribution in [0.2, 0.25) is 0 Å². The van der Waals surface area contributed by atoms with E-state index in [-0.39, 0.29) is 12.5 Å². The Morgan fingerprint density at radius 3 is 2.94 bits per heavy atom. The van der Waals surface area contributed by atoms with Crippen molar-refractivity contribution >= 4 is 23.2 Å². The van der Waals surface area contributed by atoms with Crippen LogP contribution in [-0.2, 0) is 16.1 Å². The third-order valence-electron chi connectivity index (χ3n) is 2.28. The molecule has 1 aromatic heterocycles. The molecule has 0 aliphatic carbocycles. The molecule has 0 radical (unpaired) electrons. The van der Waals surface area contributed by atoms with Gasteiger partial charge < -0.3 is 14.1 Å². The number of fused-ring (bicyclic) bond motifs is 1. The number of benzene rings is 1. The fourth-order valence-electron chi connectivity index (χ4n) is 1.70. The molecule has 0 atom stereocenters. The van der Waals surface area contributed by atoms with Crippen LogP contribution in [0.15, 0.2) is 30.5 Å². The maximum Gasteiger partial charge on any atom is 0.308 e. The number of hydrogen-bond acceptors (Lipinski definition) is 3. The van der Waals surface area contributed by atoms with Crippen LogP contribution < -0.4 is 4.74 Å². The summed E-state index contributed by atoms with van der Waals surface area (Å²) in [7, 11) is 0. The third kappa shape index (κ3) is 1.82. The summed E-state index contributed by atoms with van der Waals surface area (Å²) in [5.41, 5.74) is 0.768. The summed E-state index contributed by atoms with van der Waals surface area (Å²) in [5, 5.41) is 0.945. The van der Waals surface area contributed by atoms with Crippen molar-refractivity contribution in [1.29, 1.82) is 0 Å². The van der Waals surface area contributed by atoms with Crippen LogP contribution in [-0.4, -0.2) is 16.8 Å². The molecule has 2 rings (SSSR count). The van der Waals surface area contributed by atoms with E-state index < -0.39 is 0 Å². The Bertz CT molecular complexity index is 542. The molecule has 0 spiro atoms. The minimum atomic E-state index is -0.369. The third-order valence-corrected chi connectivity index (χ3v) is 2.28. The summed E-state index contributed by atoms with van der Waals surface area (Å²) in [5.74, 6) is 0.114. The van der Waals surface area contributed by atoms with Gasteiger partial charge in [-0.3, -0.25) is 4.79 Å². The molecule has 0 N–H and O–H groups in total. The summed E-state index contributed by atoms with van der Waals surface area (Å²) >= 11 is 0. The van der Waals surface area contributed by atoms with Crippen LogP contribution in [0.5, 0.6) is 5.75 Å². The predicted octanol–water partition coefficient (Wildman–Crippen LogP) is 1.77. The van der Waals surface area contributed by atoms with Crippen LogP contribution in [0.3, 0.4) is 0 Å². The molecule has 0 aliphatic heterocycles. The van der Waals surface area contributed by atoms with Crippen LogP contribution in [0.1, 0.15) is 6.92 Å². The van der Waals surface area contributed by atoms with Crippen LogP contribution in [0, 0.1) is 0 Å². The number of aldehydes is 1. The van der Waals surface area contributed by atoms with E-state index in [0.29, 0.717) is 5.75 Å². The minimum absolute atomic E-state index is 0.252. The molecule has 82 valence electrons. The SMILES string of the molecule is CC(=O)Oc1cccc2ccn(CC=O)c12. The molecular formula is C12H11NO3. The second-order valence-electron chi connectivity index (χ2n) is 3.42. The second-order valence-corrected chi connectivity index (χ2v) is 3.42. The fraction of sp³-hybridized carbons (Fsp3) is 0.167. The number of carbonyl (C=O) groups excluding carboxylic acids is 2. The lowest BCUT2D eigenvalue weighted by Gasteiger charge is -2.06. The minimum Gasteiger partial charge on any atom is -0.424 e. The zero-order valence-electron chi connectivity index (χ0n) is 8.84. The molecule has 1 aromatic carbocycles. The summed E-state index contributed by atoms with van der Waals surface area (Å²) in [6, 6.07) is 7.31. The zero-order chi connectivity index (χ0) is 11.5. The smallest absolute Gasteiger partial charge is 0.308 e. The van der Waals surface area contributed by atoms with Gasteiger partial charge >= 0.3 is 5.97 Å². The van der Waals surface area contributed by atoms with Crippen molar-refractivity contribution in [2.24, 2.45) is 0 Å². The highest BCUT2D eigenvalue weighted by Crippen LogP contribution is 2.26. The Morgan fingerprint density at radius 1 is 1.44 bits per heavy atom. The molecule has 4 heteroatoms. The number of hydrogen-bond donors (Lipinski definition) is 0. The molecule has 0 saturated heterocycles. The average Bonchev–Trinajstić information content (AvgIpc) is 2.62. The summed E-state index contributed by atoms with van der Waals surface area (Å²) in [6.07, 6.45) is 2.61. The maximum absolute atomic E-state index is 10.9. The molecule has 0 unspecified atom stereocenters. The highest BCUT2D eigenvalue weighted by atomic mass is 16.5. The van der Waals surface area contributed by atoms with Crippen molar-refractivity contribution in [3.8, 4) is 5.75 Å². The lowest BCUT2D eigenvalue weighted by molar-refractivity contribution is -0.131. The second kappa shape index (κ2) is 4.18. The van der Waals surface area contributed by atoms with Gasteiger partial charge in [0.1, 0.15) is 6.29 Å². The van der Waals surface area contributed by atoms with Crippen molar-refractivity contribution in [1.82, 2.24) is 4.57 Å². The van der Waals surface area contributed by atoms with Crippen LogP contribution >= 0.6 is 0 Å². The average molecular weight is 217 g/mol. The summed E-state index contributed by atoms with van der Waals surface area (Å²) in [4.78, 5) is 21.5. The fourth-order valence-corrected chi connectivity index (χ4v) is 1.70. The van der Waals surface area contributed by atoms with Gasteiger partial charge in [-0.2, -0.15) is 0 Å². The van der Waals surface area contributed by atoms with Gasteiger partial charge in [0.05, 0.1) is 12.1 Å². The first-order valence-corrected chi connectivity index (χ1v) is 4.92. The molecule has 0 fully saturated rings. The quantitative estimate of drug-likeness (QED) is 0.447. The molecule has 2 aromatic rings. The lowest BCUT2D eigenvalue weighted by Crippen LogP contribution is -2.04. The normalized spacial score (nSPS) is 10.3. The maximum atomic E-state index is 10.9. The van der Waals surface area contributed by atoms with Crippen LogP contribution in [0.4, 0.5) is 0 Å². The number of para-hydroxylation sites is 1. The molecule has 0 bridgehead atoms. The van der Waals surface area contributed by atoms with Gasteiger partial charge in [0, 0.05) is 18.5 Å². The largest absolute Gasteiger partial charge is 0.424 e. The van der Waals surface area contributed by atoms with Crippen molar-refractivity contribution in [3.63, 3.8) is 0 Å². The lowest BCUT2D eigenvalue weighted by atomic mass is 10.2. The van der Waals surface area contributed by atoms with E-state index >= 15 is 0 Å². The van der Waals surface area contributed by atoms with Crippen molar-refractivity contribution in [2.75, 3.05) is 0 Å². The van der Waals surface area contributed by atoms with Crippen LogP contribution in [0.25, 0.3) is 10.9 Å². The summed E-state index contributed by atoms with van der Waals surface area (Å²) in [6.45, 7) is 1.60. The summed E-state index contributed by atoms with van der Waals surface area (Å²) < 4.78 is 6.85. The number of ether oxygens (including phenoxy) is 1. The van der Waals surface area contributed by atoms with Gasteiger partial charge in [0.2, 0.25) is 0 Å². The number of esters is 1. The first-order valence-electron chi connectivity index (χ1n) is 4.92. The molecule has 1 heterocycles. The Labute approximate surface area is 92.4 Å². The van der Waals surface area contributed by atoms with E-state index in [9.17, 15) is 9.59 Å². The topological polar surface area (TPSA) is 48.3 Å². The van der Waals surface area contributed by atoms with E-state index in [2.05, 4.69) is 0 Å². The van der Waals surface area contributed by atoms with Gasteiger partial charge in [-0.1, -0.05) is 12.1 Å². The Hall–Kier alpha value is -2.10. The van der Waals surface area contributed by atoms with Gasteiger partial charge in [-0.15, -0.1) is 0 Å². The van der Waals surface area contributed by atoms with Gasteiger partial charge in [0.25, 0.3) is 0 Å². The zero-order valence-corrected chi connectivity index (χ0v) is 8.84. The van der Waals surface area contributed by atoms with E-state index in [1.54, 1.807) is 16.8 Å². The molecular weight excluding hydrogens is 206 g/mol. The molecule has 0 amide bonds. The van der Waals surface area contributed by atoms with E-state index in [1.165, 1.54) is 6.92 Å². The highest BCUT2D eigenvalue weighted by Gasteiger charge is 2.08. The van der Waals surface area contributed by atoms with E-state index in [4.69, 9.17) is 4.74 Å². The molecule has 0 aliphatic rings. The van der Waals surface area contributed by atoms with Gasteiger partial charge in [0.15, 0.2) is 5.75 Å². The predicted molar refractivity (Wildman–Crippen MR) is 59.3 cm³/mol. The molecule has 4 nitrogen and oxygen atoms in total. The molecule has 0 saturated carbocycles. The first-order chi connectivity index (χ1) is 7.72. The number of nitrogens with zero attached hydrogens (tertiary/aromatic N) is 1. The molecule has 16 heavy (non-hydrogen) atoms. The Morgan fingerprint density at radius 2 is 2.25 bits per heavy atom. The highest BCUT2D eigenvalue weighted by molar-refractivity contribution is 5.88. The van der Waals surface area contributed by atoms with Crippen molar-refractivity contribution < 1.29 is 14.3 Å². The first kappa shape index (κ1) is 10.4. The van der Waals surface area contributed by atoms with E-state index in [0.717, 1.165) is 17.2 Å². The van der Waals surface area contributed by atoms with Crippen molar-refractivity contribution in [3.05, 3.63) is 30.5 Å². The number of rotatable bonds is 3. The number of carbonyl (C=O) groups is 2. The van der Waals surface area contributed by atoms with Gasteiger partial charge in [-0.25, -0.2) is 0 Å². The standard InChI is InChI=1S/C12H11NO3/c1-9(15)16-11-4-2-3-10-5-6-13(7-8-14)12(10)11/h2-6,8H,7H2,1H3. The van der Waals surface area contributed by atoms with Gasteiger partial charge in [-0.05, 0) is 12.1 Å². The Kier molecular flexibility index (Phi) is 2.72. The monoisotopic (exact) mass is 217 g/mol. The Balaban J connectivity index is 2.58. The van der Waals surface area contributed by atoms with Crippen molar-refractivity contribution in [2.45, 2.75) is 13.5 Å².